The first kappa shape index (κ1) is 11.0. The summed E-state index contributed by atoms with van der Waals surface area (Å²) in [6, 6.07) is 2.76. The maximum absolute atomic E-state index is 4.37. The van der Waals surface area contributed by atoms with Gasteiger partial charge in [0.2, 0.25) is 0 Å². The summed E-state index contributed by atoms with van der Waals surface area (Å²) >= 11 is 1.99. The standard InChI is InChI=1S/C11H19N3S/c1-14-7-6-9(13-14)8-12-10-4-3-5-11(10)15-2/h6-7,10-12H,3-5,8H2,1-2H3. The van der Waals surface area contributed by atoms with E-state index in [0.717, 1.165) is 17.5 Å². The summed E-state index contributed by atoms with van der Waals surface area (Å²) in [5, 5.41) is 8.79. The molecular weight excluding hydrogens is 206 g/mol. The predicted molar refractivity (Wildman–Crippen MR) is 65.0 cm³/mol. The van der Waals surface area contributed by atoms with Crippen molar-refractivity contribution in [2.24, 2.45) is 7.05 Å². The van der Waals surface area contributed by atoms with Crippen molar-refractivity contribution in [1.29, 1.82) is 0 Å². The molecule has 84 valence electrons. The maximum atomic E-state index is 4.37. The number of rotatable bonds is 4. The molecule has 4 heteroatoms. The second-order valence-corrected chi connectivity index (χ2v) is 5.25. The fraction of sp³-hybridized carbons (Fsp3) is 0.727. The van der Waals surface area contributed by atoms with Gasteiger partial charge in [-0.05, 0) is 25.2 Å². The highest BCUT2D eigenvalue weighted by Crippen LogP contribution is 2.28. The average Bonchev–Trinajstić information content (AvgIpc) is 2.83. The average molecular weight is 225 g/mol. The van der Waals surface area contributed by atoms with E-state index in [1.807, 2.05) is 29.7 Å². The van der Waals surface area contributed by atoms with E-state index in [9.17, 15) is 0 Å². The van der Waals surface area contributed by atoms with Gasteiger partial charge in [0.15, 0.2) is 0 Å². The lowest BCUT2D eigenvalue weighted by molar-refractivity contribution is 0.524. The summed E-state index contributed by atoms with van der Waals surface area (Å²) in [7, 11) is 1.96. The molecule has 2 unspecified atom stereocenters. The number of nitrogens with zero attached hydrogens (tertiary/aromatic N) is 2. The Morgan fingerprint density at radius 1 is 1.60 bits per heavy atom. The van der Waals surface area contributed by atoms with E-state index in [4.69, 9.17) is 0 Å². The first-order valence-electron chi connectivity index (χ1n) is 5.54. The lowest BCUT2D eigenvalue weighted by Crippen LogP contribution is -2.33. The molecule has 0 aliphatic heterocycles. The Morgan fingerprint density at radius 2 is 2.47 bits per heavy atom. The van der Waals surface area contributed by atoms with Crippen molar-refractivity contribution in [3.8, 4) is 0 Å². The number of hydrogen-bond acceptors (Lipinski definition) is 3. The molecule has 0 amide bonds. The van der Waals surface area contributed by atoms with Gasteiger partial charge in [0.25, 0.3) is 0 Å². The molecule has 1 heterocycles. The molecule has 0 radical (unpaired) electrons. The van der Waals surface area contributed by atoms with Crippen LogP contribution in [0.4, 0.5) is 0 Å². The summed E-state index contributed by atoms with van der Waals surface area (Å²) in [5.41, 5.74) is 1.14. The van der Waals surface area contributed by atoms with Crippen LogP contribution < -0.4 is 5.32 Å². The highest BCUT2D eigenvalue weighted by molar-refractivity contribution is 7.99. The van der Waals surface area contributed by atoms with Crippen molar-refractivity contribution in [2.75, 3.05) is 6.26 Å². The van der Waals surface area contributed by atoms with Crippen LogP contribution in [0.3, 0.4) is 0 Å². The zero-order valence-electron chi connectivity index (χ0n) is 9.44. The molecule has 2 atom stereocenters. The zero-order chi connectivity index (χ0) is 10.7. The number of nitrogens with one attached hydrogen (secondary N) is 1. The van der Waals surface area contributed by atoms with Gasteiger partial charge in [-0.25, -0.2) is 0 Å². The van der Waals surface area contributed by atoms with Crippen LogP contribution in [0, 0.1) is 0 Å². The third kappa shape index (κ3) is 2.75. The van der Waals surface area contributed by atoms with Gasteiger partial charge in [-0.15, -0.1) is 0 Å². The largest absolute Gasteiger partial charge is 0.307 e. The minimum Gasteiger partial charge on any atom is -0.307 e. The van der Waals surface area contributed by atoms with Crippen molar-refractivity contribution in [3.63, 3.8) is 0 Å². The number of aromatic nitrogens is 2. The van der Waals surface area contributed by atoms with E-state index in [2.05, 4.69) is 22.7 Å². The summed E-state index contributed by atoms with van der Waals surface area (Å²) in [6.07, 6.45) is 8.26. The molecule has 1 saturated carbocycles. The molecule has 0 saturated heterocycles. The molecule has 1 fully saturated rings. The summed E-state index contributed by atoms with van der Waals surface area (Å²) < 4.78 is 1.86. The van der Waals surface area contributed by atoms with E-state index in [0.29, 0.717) is 6.04 Å². The van der Waals surface area contributed by atoms with Gasteiger partial charge in [0.1, 0.15) is 0 Å². The van der Waals surface area contributed by atoms with Crippen molar-refractivity contribution in [2.45, 2.75) is 37.1 Å². The Bertz CT molecular complexity index is 311. The van der Waals surface area contributed by atoms with Gasteiger partial charge in [0.05, 0.1) is 5.69 Å². The molecule has 15 heavy (non-hydrogen) atoms. The number of thioether (sulfide) groups is 1. The first-order chi connectivity index (χ1) is 7.29. The van der Waals surface area contributed by atoms with Crippen molar-refractivity contribution >= 4 is 11.8 Å². The summed E-state index contributed by atoms with van der Waals surface area (Å²) in [4.78, 5) is 0. The van der Waals surface area contributed by atoms with Crippen LogP contribution in [-0.2, 0) is 13.6 Å². The normalized spacial score (nSPS) is 26.0. The van der Waals surface area contributed by atoms with Crippen LogP contribution in [0.15, 0.2) is 12.3 Å². The lowest BCUT2D eigenvalue weighted by atomic mass is 10.2. The van der Waals surface area contributed by atoms with E-state index >= 15 is 0 Å². The molecule has 2 rings (SSSR count). The predicted octanol–water partition coefficient (Wildman–Crippen LogP) is 1.79. The van der Waals surface area contributed by atoms with Crippen LogP contribution >= 0.6 is 11.8 Å². The molecule has 0 spiro atoms. The second kappa shape index (κ2) is 5.03. The second-order valence-electron chi connectivity index (χ2n) is 4.17. The van der Waals surface area contributed by atoms with Crippen molar-refractivity contribution in [3.05, 3.63) is 18.0 Å². The molecule has 3 nitrogen and oxygen atoms in total. The summed E-state index contributed by atoms with van der Waals surface area (Å²) in [6.45, 7) is 0.905. The molecule has 0 aromatic carbocycles. The smallest absolute Gasteiger partial charge is 0.0762 e. The van der Waals surface area contributed by atoms with Crippen molar-refractivity contribution < 1.29 is 0 Å². The fourth-order valence-electron chi connectivity index (χ4n) is 2.23. The minimum atomic E-state index is 0.682. The Labute approximate surface area is 95.6 Å². The van der Waals surface area contributed by atoms with Gasteiger partial charge in [-0.1, -0.05) is 6.42 Å². The van der Waals surface area contributed by atoms with E-state index < -0.39 is 0 Å². The third-order valence-electron chi connectivity index (χ3n) is 3.07. The van der Waals surface area contributed by atoms with Crippen LogP contribution in [-0.4, -0.2) is 27.3 Å². The topological polar surface area (TPSA) is 29.9 Å². The number of aryl methyl sites for hydroxylation is 1. The number of hydrogen-bond donors (Lipinski definition) is 1. The molecular formula is C11H19N3S. The van der Waals surface area contributed by atoms with Gasteiger partial charge in [-0.3, -0.25) is 4.68 Å². The Balaban J connectivity index is 1.82. The Morgan fingerprint density at radius 3 is 3.13 bits per heavy atom. The molecule has 1 N–H and O–H groups in total. The molecule has 0 bridgehead atoms. The van der Waals surface area contributed by atoms with E-state index in [-0.39, 0.29) is 0 Å². The molecule has 1 aromatic heterocycles. The Kier molecular flexibility index (Phi) is 3.70. The van der Waals surface area contributed by atoms with E-state index in [1.165, 1.54) is 19.3 Å². The zero-order valence-corrected chi connectivity index (χ0v) is 10.3. The van der Waals surface area contributed by atoms with Crippen LogP contribution in [0.5, 0.6) is 0 Å². The minimum absolute atomic E-state index is 0.682. The van der Waals surface area contributed by atoms with Gasteiger partial charge in [-0.2, -0.15) is 16.9 Å². The quantitative estimate of drug-likeness (QED) is 0.847. The molecule has 1 aromatic rings. The molecule has 1 aliphatic carbocycles. The van der Waals surface area contributed by atoms with Crippen LogP contribution in [0.2, 0.25) is 0 Å². The van der Waals surface area contributed by atoms with E-state index in [1.54, 1.807) is 0 Å². The van der Waals surface area contributed by atoms with Crippen molar-refractivity contribution in [1.82, 2.24) is 15.1 Å². The molecule has 1 aliphatic rings. The Hall–Kier alpha value is -0.480. The first-order valence-corrected chi connectivity index (χ1v) is 6.83. The lowest BCUT2D eigenvalue weighted by Gasteiger charge is -2.18. The highest BCUT2D eigenvalue weighted by Gasteiger charge is 2.25. The third-order valence-corrected chi connectivity index (χ3v) is 4.24. The fourth-order valence-corrected chi connectivity index (χ4v) is 3.20. The van der Waals surface area contributed by atoms with Gasteiger partial charge in [0, 0.05) is 31.1 Å². The monoisotopic (exact) mass is 225 g/mol. The SMILES string of the molecule is CSC1CCCC1NCc1ccn(C)n1. The van der Waals surface area contributed by atoms with Crippen LogP contribution in [0.25, 0.3) is 0 Å². The summed E-state index contributed by atoms with van der Waals surface area (Å²) in [5.74, 6) is 0. The van der Waals surface area contributed by atoms with Crippen LogP contribution in [0.1, 0.15) is 25.0 Å². The van der Waals surface area contributed by atoms with Gasteiger partial charge < -0.3 is 5.32 Å². The maximum Gasteiger partial charge on any atom is 0.0762 e. The highest BCUT2D eigenvalue weighted by atomic mass is 32.2. The van der Waals surface area contributed by atoms with Gasteiger partial charge >= 0.3 is 0 Å².